The van der Waals surface area contributed by atoms with Gasteiger partial charge in [-0.2, -0.15) is 0 Å². The van der Waals surface area contributed by atoms with Gasteiger partial charge in [-0.05, 0) is 74.0 Å². The molecule has 0 saturated heterocycles. The predicted octanol–water partition coefficient (Wildman–Crippen LogP) is 5.53. The average Bonchev–Trinajstić information content (AvgIpc) is 2.36. The van der Waals surface area contributed by atoms with Gasteiger partial charge in [0, 0.05) is 5.38 Å². The van der Waals surface area contributed by atoms with E-state index >= 15 is 0 Å². The third kappa shape index (κ3) is 3.75. The number of halogens is 1. The third-order valence-corrected chi connectivity index (χ3v) is 5.52. The zero-order chi connectivity index (χ0) is 14.0. The fourth-order valence-corrected chi connectivity index (χ4v) is 3.63. The van der Waals surface area contributed by atoms with Crippen molar-refractivity contribution in [2.75, 3.05) is 0 Å². The molecule has 1 heteroatoms. The zero-order valence-electron chi connectivity index (χ0n) is 12.7. The van der Waals surface area contributed by atoms with E-state index in [1.165, 1.54) is 36.0 Å². The molecule has 0 aliphatic heterocycles. The smallest absolute Gasteiger partial charge is 0.0367 e. The van der Waals surface area contributed by atoms with Gasteiger partial charge in [-0.1, -0.05) is 32.0 Å². The standard InChI is InChI=1S/C18H27Cl/c1-12(2)16-7-8-18(19)17(11-16)10-15-6-5-13(3)14(4)9-15/h5-6,9,12,16-18H,7-8,10-11H2,1-4H3. The van der Waals surface area contributed by atoms with Crippen molar-refractivity contribution in [3.8, 4) is 0 Å². The van der Waals surface area contributed by atoms with Crippen LogP contribution in [0.25, 0.3) is 0 Å². The van der Waals surface area contributed by atoms with Gasteiger partial charge in [0.25, 0.3) is 0 Å². The Morgan fingerprint density at radius 2 is 1.89 bits per heavy atom. The molecule has 0 heterocycles. The lowest BCUT2D eigenvalue weighted by atomic mass is 9.74. The van der Waals surface area contributed by atoms with Crippen LogP contribution in [0.2, 0.25) is 0 Å². The molecule has 1 saturated carbocycles. The SMILES string of the molecule is Cc1ccc(CC2CC(C(C)C)CCC2Cl)cc1C. The first-order chi connectivity index (χ1) is 8.97. The van der Waals surface area contributed by atoms with Crippen molar-refractivity contribution >= 4 is 11.6 Å². The molecule has 0 spiro atoms. The molecular weight excluding hydrogens is 252 g/mol. The summed E-state index contributed by atoms with van der Waals surface area (Å²) in [4.78, 5) is 0. The highest BCUT2D eigenvalue weighted by molar-refractivity contribution is 6.20. The number of hydrogen-bond donors (Lipinski definition) is 0. The Bertz CT molecular complexity index is 422. The van der Waals surface area contributed by atoms with Crippen molar-refractivity contribution in [1.29, 1.82) is 0 Å². The van der Waals surface area contributed by atoms with Gasteiger partial charge in [0.05, 0.1) is 0 Å². The van der Waals surface area contributed by atoms with Gasteiger partial charge in [0.1, 0.15) is 0 Å². The summed E-state index contributed by atoms with van der Waals surface area (Å²) in [6.45, 7) is 9.09. The lowest BCUT2D eigenvalue weighted by Gasteiger charge is -2.35. The van der Waals surface area contributed by atoms with E-state index < -0.39 is 0 Å². The summed E-state index contributed by atoms with van der Waals surface area (Å²) >= 11 is 6.57. The van der Waals surface area contributed by atoms with Crippen LogP contribution >= 0.6 is 11.6 Å². The first kappa shape index (κ1) is 14.9. The number of benzene rings is 1. The van der Waals surface area contributed by atoms with Crippen molar-refractivity contribution in [1.82, 2.24) is 0 Å². The molecule has 1 aromatic rings. The lowest BCUT2D eigenvalue weighted by molar-refractivity contribution is 0.218. The van der Waals surface area contributed by atoms with Crippen LogP contribution in [0.15, 0.2) is 18.2 Å². The maximum atomic E-state index is 6.57. The summed E-state index contributed by atoms with van der Waals surface area (Å²) in [6.07, 6.45) is 4.96. The van der Waals surface area contributed by atoms with E-state index in [0.717, 1.165) is 18.3 Å². The summed E-state index contributed by atoms with van der Waals surface area (Å²) in [5.74, 6) is 2.32. The minimum absolute atomic E-state index is 0.372. The molecular formula is C18H27Cl. The van der Waals surface area contributed by atoms with Crippen molar-refractivity contribution in [2.24, 2.45) is 17.8 Å². The van der Waals surface area contributed by atoms with Crippen molar-refractivity contribution in [3.05, 3.63) is 34.9 Å². The van der Waals surface area contributed by atoms with Crippen LogP contribution in [0.5, 0.6) is 0 Å². The van der Waals surface area contributed by atoms with Gasteiger partial charge in [-0.3, -0.25) is 0 Å². The molecule has 0 amide bonds. The summed E-state index contributed by atoms with van der Waals surface area (Å²) in [5, 5.41) is 0.372. The number of rotatable bonds is 3. The molecule has 0 aromatic heterocycles. The summed E-state index contributed by atoms with van der Waals surface area (Å²) in [7, 11) is 0. The molecule has 1 aliphatic carbocycles. The molecule has 0 radical (unpaired) electrons. The monoisotopic (exact) mass is 278 g/mol. The minimum Gasteiger partial charge on any atom is -0.123 e. The maximum absolute atomic E-state index is 6.57. The first-order valence-electron chi connectivity index (χ1n) is 7.67. The Morgan fingerprint density at radius 3 is 2.53 bits per heavy atom. The molecule has 19 heavy (non-hydrogen) atoms. The molecule has 3 unspecified atom stereocenters. The Kier molecular flexibility index (Phi) is 4.95. The van der Waals surface area contributed by atoms with Gasteiger partial charge in [0.2, 0.25) is 0 Å². The highest BCUT2D eigenvalue weighted by Crippen LogP contribution is 2.38. The van der Waals surface area contributed by atoms with Crippen molar-refractivity contribution in [3.63, 3.8) is 0 Å². The molecule has 0 bridgehead atoms. The topological polar surface area (TPSA) is 0 Å². The quantitative estimate of drug-likeness (QED) is 0.638. The lowest BCUT2D eigenvalue weighted by Crippen LogP contribution is -2.29. The van der Waals surface area contributed by atoms with Gasteiger partial charge in [-0.15, -0.1) is 11.6 Å². The molecule has 0 N–H and O–H groups in total. The van der Waals surface area contributed by atoms with E-state index in [2.05, 4.69) is 45.9 Å². The van der Waals surface area contributed by atoms with Gasteiger partial charge < -0.3 is 0 Å². The molecule has 1 fully saturated rings. The predicted molar refractivity (Wildman–Crippen MR) is 84.9 cm³/mol. The highest BCUT2D eigenvalue weighted by atomic mass is 35.5. The normalized spacial score (nSPS) is 27.8. The van der Waals surface area contributed by atoms with E-state index in [-0.39, 0.29) is 0 Å². The van der Waals surface area contributed by atoms with Gasteiger partial charge >= 0.3 is 0 Å². The number of aryl methyl sites for hydroxylation is 2. The first-order valence-corrected chi connectivity index (χ1v) is 8.11. The Balaban J connectivity index is 2.05. The molecule has 1 aliphatic rings. The molecule has 3 atom stereocenters. The number of hydrogen-bond acceptors (Lipinski definition) is 0. The Labute approximate surface area is 123 Å². The van der Waals surface area contributed by atoms with Crippen LogP contribution in [0, 0.1) is 31.6 Å². The average molecular weight is 279 g/mol. The maximum Gasteiger partial charge on any atom is 0.0367 e. The molecule has 106 valence electrons. The van der Waals surface area contributed by atoms with E-state index in [1.54, 1.807) is 0 Å². The second-order valence-electron chi connectivity index (χ2n) is 6.72. The molecule has 0 nitrogen and oxygen atoms in total. The highest BCUT2D eigenvalue weighted by Gasteiger charge is 2.30. The van der Waals surface area contributed by atoms with Crippen LogP contribution in [0.3, 0.4) is 0 Å². The van der Waals surface area contributed by atoms with Gasteiger partial charge in [-0.25, -0.2) is 0 Å². The van der Waals surface area contributed by atoms with E-state index in [0.29, 0.717) is 11.3 Å². The van der Waals surface area contributed by atoms with Crippen LogP contribution in [-0.4, -0.2) is 5.38 Å². The van der Waals surface area contributed by atoms with E-state index in [4.69, 9.17) is 11.6 Å². The van der Waals surface area contributed by atoms with Crippen LogP contribution in [0.1, 0.15) is 49.8 Å². The van der Waals surface area contributed by atoms with Crippen molar-refractivity contribution < 1.29 is 0 Å². The Hall–Kier alpha value is -0.490. The second kappa shape index (κ2) is 6.31. The molecule has 1 aromatic carbocycles. The van der Waals surface area contributed by atoms with Gasteiger partial charge in [0.15, 0.2) is 0 Å². The summed E-state index contributed by atoms with van der Waals surface area (Å²) in [5.41, 5.74) is 4.25. The third-order valence-electron chi connectivity index (χ3n) is 4.94. The van der Waals surface area contributed by atoms with Crippen LogP contribution in [0.4, 0.5) is 0 Å². The fraction of sp³-hybridized carbons (Fsp3) is 0.667. The minimum atomic E-state index is 0.372. The van der Waals surface area contributed by atoms with Crippen LogP contribution < -0.4 is 0 Å². The van der Waals surface area contributed by atoms with Crippen molar-refractivity contribution in [2.45, 2.75) is 58.8 Å². The Morgan fingerprint density at radius 1 is 1.16 bits per heavy atom. The second-order valence-corrected chi connectivity index (χ2v) is 7.28. The fourth-order valence-electron chi connectivity index (χ4n) is 3.31. The zero-order valence-corrected chi connectivity index (χ0v) is 13.5. The molecule has 2 rings (SSSR count). The summed E-state index contributed by atoms with van der Waals surface area (Å²) < 4.78 is 0. The van der Waals surface area contributed by atoms with E-state index in [9.17, 15) is 0 Å². The largest absolute Gasteiger partial charge is 0.123 e. The van der Waals surface area contributed by atoms with Crippen LogP contribution in [-0.2, 0) is 6.42 Å². The summed E-state index contributed by atoms with van der Waals surface area (Å²) in [6, 6.07) is 6.87. The number of alkyl halides is 1. The van der Waals surface area contributed by atoms with E-state index in [1.807, 2.05) is 0 Å².